The third-order valence-corrected chi connectivity index (χ3v) is 4.92. The van der Waals surface area contributed by atoms with E-state index >= 15 is 0 Å². The summed E-state index contributed by atoms with van der Waals surface area (Å²) in [6.07, 6.45) is 1.30. The van der Waals surface area contributed by atoms with Crippen molar-refractivity contribution in [1.29, 1.82) is 0 Å². The number of benzene rings is 1. The van der Waals surface area contributed by atoms with Gasteiger partial charge in [-0.2, -0.15) is 0 Å². The van der Waals surface area contributed by atoms with Crippen molar-refractivity contribution in [2.45, 2.75) is 13.0 Å². The van der Waals surface area contributed by atoms with E-state index in [0.29, 0.717) is 0 Å². The van der Waals surface area contributed by atoms with Gasteiger partial charge in [-0.25, -0.2) is 0 Å². The Morgan fingerprint density at radius 2 is 2.29 bits per heavy atom. The van der Waals surface area contributed by atoms with Gasteiger partial charge >= 0.3 is 0 Å². The van der Waals surface area contributed by atoms with Gasteiger partial charge in [-0.1, -0.05) is 31.9 Å². The van der Waals surface area contributed by atoms with Crippen LogP contribution in [0, 0.1) is 5.92 Å². The van der Waals surface area contributed by atoms with E-state index in [2.05, 4.69) is 48.9 Å². The monoisotopic (exact) mass is 361 g/mol. The van der Waals surface area contributed by atoms with Crippen molar-refractivity contribution in [1.82, 2.24) is 4.90 Å². The zero-order chi connectivity index (χ0) is 12.3. The van der Waals surface area contributed by atoms with E-state index < -0.39 is 0 Å². The molecular weight excluding hydrogens is 346 g/mol. The molecule has 1 heterocycles. The molecule has 2 nitrogen and oxygen atoms in total. The summed E-state index contributed by atoms with van der Waals surface area (Å²) < 4.78 is 6.44. The lowest BCUT2D eigenvalue weighted by Crippen LogP contribution is -2.20. The summed E-state index contributed by atoms with van der Waals surface area (Å²) >= 11 is 7.18. The summed E-state index contributed by atoms with van der Waals surface area (Å²) in [4.78, 5) is 2.51. The zero-order valence-electron chi connectivity index (χ0n) is 9.96. The summed E-state index contributed by atoms with van der Waals surface area (Å²) in [5.41, 5.74) is 1.31. The normalized spacial score (nSPS) is 20.8. The summed E-state index contributed by atoms with van der Waals surface area (Å²) in [5, 5.41) is 1.11. The molecule has 1 fully saturated rings. The molecule has 0 spiro atoms. The van der Waals surface area contributed by atoms with Crippen LogP contribution in [0.3, 0.4) is 0 Å². The Kier molecular flexibility index (Phi) is 4.88. The van der Waals surface area contributed by atoms with Crippen LogP contribution >= 0.6 is 31.9 Å². The maximum absolute atomic E-state index is 5.27. The highest BCUT2D eigenvalue weighted by Crippen LogP contribution is 2.26. The summed E-state index contributed by atoms with van der Waals surface area (Å²) in [7, 11) is 1.71. The van der Waals surface area contributed by atoms with Crippen LogP contribution in [-0.4, -0.2) is 30.4 Å². The lowest BCUT2D eigenvalue weighted by atomic mass is 10.2. The van der Waals surface area contributed by atoms with Gasteiger partial charge in [0.25, 0.3) is 0 Å². The van der Waals surface area contributed by atoms with E-state index in [1.165, 1.54) is 29.5 Å². The molecule has 1 aliphatic heterocycles. The van der Waals surface area contributed by atoms with Crippen LogP contribution in [0.25, 0.3) is 0 Å². The first-order valence-corrected chi connectivity index (χ1v) is 7.75. The Morgan fingerprint density at radius 3 is 2.94 bits per heavy atom. The smallest absolute Gasteiger partial charge is 0.119 e. The van der Waals surface area contributed by atoms with E-state index in [0.717, 1.165) is 23.5 Å². The molecule has 94 valence electrons. The summed E-state index contributed by atoms with van der Waals surface area (Å²) in [6.45, 7) is 3.39. The topological polar surface area (TPSA) is 12.5 Å². The maximum atomic E-state index is 5.27. The van der Waals surface area contributed by atoms with Gasteiger partial charge in [-0.3, -0.25) is 4.90 Å². The van der Waals surface area contributed by atoms with Crippen molar-refractivity contribution < 1.29 is 4.74 Å². The highest BCUT2D eigenvalue weighted by molar-refractivity contribution is 9.10. The molecule has 0 saturated carbocycles. The third kappa shape index (κ3) is 3.46. The number of nitrogens with zero attached hydrogens (tertiary/aromatic N) is 1. The van der Waals surface area contributed by atoms with Gasteiger partial charge in [0.1, 0.15) is 5.75 Å². The van der Waals surface area contributed by atoms with E-state index in [1.54, 1.807) is 7.11 Å². The van der Waals surface area contributed by atoms with Crippen molar-refractivity contribution in [3.8, 4) is 5.75 Å². The molecule has 17 heavy (non-hydrogen) atoms. The van der Waals surface area contributed by atoms with Crippen molar-refractivity contribution in [3.05, 3.63) is 28.2 Å². The van der Waals surface area contributed by atoms with E-state index in [-0.39, 0.29) is 0 Å². The number of likely N-dealkylation sites (tertiary alicyclic amines) is 1. The van der Waals surface area contributed by atoms with Crippen LogP contribution in [0.5, 0.6) is 5.75 Å². The number of ether oxygens (including phenoxy) is 1. The average molecular weight is 363 g/mol. The van der Waals surface area contributed by atoms with Gasteiger partial charge in [0.2, 0.25) is 0 Å². The third-order valence-electron chi connectivity index (χ3n) is 3.24. The van der Waals surface area contributed by atoms with Crippen LogP contribution in [0.15, 0.2) is 22.7 Å². The zero-order valence-corrected chi connectivity index (χ0v) is 13.1. The van der Waals surface area contributed by atoms with Crippen LogP contribution in [0.4, 0.5) is 0 Å². The molecule has 0 amide bonds. The molecule has 1 unspecified atom stereocenters. The van der Waals surface area contributed by atoms with E-state index in [9.17, 15) is 0 Å². The molecule has 0 aliphatic carbocycles. The minimum atomic E-state index is 0.805. The predicted molar refractivity (Wildman–Crippen MR) is 77.9 cm³/mol. The van der Waals surface area contributed by atoms with Gasteiger partial charge in [0.05, 0.1) is 7.11 Å². The summed E-state index contributed by atoms with van der Waals surface area (Å²) in [5.74, 6) is 1.74. The van der Waals surface area contributed by atoms with Crippen molar-refractivity contribution >= 4 is 31.9 Å². The first-order valence-electron chi connectivity index (χ1n) is 5.83. The molecule has 1 aromatic carbocycles. The second-order valence-corrected chi connectivity index (χ2v) is 6.00. The molecule has 0 bridgehead atoms. The number of hydrogen-bond acceptors (Lipinski definition) is 2. The first kappa shape index (κ1) is 13.4. The van der Waals surface area contributed by atoms with Crippen LogP contribution in [0.2, 0.25) is 0 Å². The summed E-state index contributed by atoms with van der Waals surface area (Å²) in [6, 6.07) is 6.16. The fourth-order valence-corrected chi connectivity index (χ4v) is 3.12. The maximum Gasteiger partial charge on any atom is 0.119 e. The largest absolute Gasteiger partial charge is 0.497 e. The lowest BCUT2D eigenvalue weighted by molar-refractivity contribution is 0.319. The van der Waals surface area contributed by atoms with Gasteiger partial charge in [-0.15, -0.1) is 0 Å². The molecule has 1 atom stereocenters. The van der Waals surface area contributed by atoms with E-state index in [1.807, 2.05) is 6.07 Å². The number of methoxy groups -OCH3 is 1. The molecule has 1 saturated heterocycles. The quantitative estimate of drug-likeness (QED) is 0.757. The van der Waals surface area contributed by atoms with Gasteiger partial charge in [0.15, 0.2) is 0 Å². The highest BCUT2D eigenvalue weighted by Gasteiger charge is 2.21. The fraction of sp³-hybridized carbons (Fsp3) is 0.538. The second-order valence-electron chi connectivity index (χ2n) is 4.50. The second kappa shape index (κ2) is 6.21. The average Bonchev–Trinajstić information content (AvgIpc) is 2.80. The number of rotatable bonds is 4. The fourth-order valence-electron chi connectivity index (χ4n) is 2.22. The molecule has 1 aromatic rings. The number of hydrogen-bond donors (Lipinski definition) is 0. The standard InChI is InChI=1S/C13H17Br2NO/c1-17-12-2-3-13(15)11(6-12)9-16-5-4-10(7-14)8-16/h2-3,6,10H,4-5,7-9H2,1H3. The molecule has 0 radical (unpaired) electrons. The van der Waals surface area contributed by atoms with Gasteiger partial charge in [0, 0.05) is 22.9 Å². The minimum Gasteiger partial charge on any atom is -0.497 e. The molecule has 2 rings (SSSR count). The van der Waals surface area contributed by atoms with Gasteiger partial charge in [-0.05, 0) is 42.6 Å². The first-order chi connectivity index (χ1) is 8.22. The molecule has 4 heteroatoms. The highest BCUT2D eigenvalue weighted by atomic mass is 79.9. The Balaban J connectivity index is 2.03. The van der Waals surface area contributed by atoms with E-state index in [4.69, 9.17) is 4.74 Å². The number of alkyl halides is 1. The number of halogens is 2. The Hall–Kier alpha value is -0.0600. The van der Waals surface area contributed by atoms with Crippen LogP contribution in [0.1, 0.15) is 12.0 Å². The SMILES string of the molecule is COc1ccc(Br)c(CN2CCC(CBr)C2)c1. The Bertz CT molecular complexity index is 384. The van der Waals surface area contributed by atoms with Crippen molar-refractivity contribution in [2.75, 3.05) is 25.5 Å². The molecular formula is C13H17Br2NO. The van der Waals surface area contributed by atoms with Crippen molar-refractivity contribution in [2.24, 2.45) is 5.92 Å². The van der Waals surface area contributed by atoms with Crippen LogP contribution < -0.4 is 4.74 Å². The minimum absolute atomic E-state index is 0.805. The molecule has 1 aliphatic rings. The Morgan fingerprint density at radius 1 is 1.47 bits per heavy atom. The van der Waals surface area contributed by atoms with Crippen molar-refractivity contribution in [3.63, 3.8) is 0 Å². The predicted octanol–water partition coefficient (Wildman–Crippen LogP) is 3.67. The molecule has 0 aromatic heterocycles. The lowest BCUT2D eigenvalue weighted by Gasteiger charge is -2.17. The molecule has 0 N–H and O–H groups in total. The Labute approximate surface area is 120 Å². The van der Waals surface area contributed by atoms with Crippen LogP contribution in [-0.2, 0) is 6.54 Å². The van der Waals surface area contributed by atoms with Gasteiger partial charge < -0.3 is 4.74 Å².